The first-order chi connectivity index (χ1) is 6.65. The van der Waals surface area contributed by atoms with Gasteiger partial charge in [-0.2, -0.15) is 5.26 Å². The SMILES string of the molecule is N#Cc1ccccc1/C(O)=C\C(=O)O. The molecular formula is C10H7NO3. The van der Waals surface area contributed by atoms with Crippen LogP contribution in [-0.2, 0) is 4.79 Å². The van der Waals surface area contributed by atoms with Crippen molar-refractivity contribution >= 4 is 11.7 Å². The Morgan fingerprint density at radius 2 is 2.00 bits per heavy atom. The van der Waals surface area contributed by atoms with E-state index in [1.54, 1.807) is 12.1 Å². The van der Waals surface area contributed by atoms with Gasteiger partial charge in [-0.05, 0) is 12.1 Å². The van der Waals surface area contributed by atoms with Gasteiger partial charge in [-0.15, -0.1) is 0 Å². The van der Waals surface area contributed by atoms with E-state index in [-0.39, 0.29) is 11.1 Å². The number of nitrogens with zero attached hydrogens (tertiary/aromatic N) is 1. The van der Waals surface area contributed by atoms with Crippen molar-refractivity contribution in [2.45, 2.75) is 0 Å². The smallest absolute Gasteiger partial charge is 0.332 e. The van der Waals surface area contributed by atoms with Gasteiger partial charge in [-0.25, -0.2) is 4.79 Å². The molecule has 1 aromatic carbocycles. The van der Waals surface area contributed by atoms with E-state index >= 15 is 0 Å². The van der Waals surface area contributed by atoms with E-state index in [2.05, 4.69) is 0 Å². The number of carboxylic acids is 1. The molecule has 4 heteroatoms. The van der Waals surface area contributed by atoms with Crippen molar-refractivity contribution in [3.05, 3.63) is 41.5 Å². The van der Waals surface area contributed by atoms with Crippen LogP contribution in [-0.4, -0.2) is 16.2 Å². The molecule has 0 aliphatic carbocycles. The Kier molecular flexibility index (Phi) is 2.87. The predicted molar refractivity (Wildman–Crippen MR) is 49.4 cm³/mol. The number of nitriles is 1. The third-order valence-corrected chi connectivity index (χ3v) is 1.58. The van der Waals surface area contributed by atoms with Crippen LogP contribution in [0.25, 0.3) is 5.76 Å². The fourth-order valence-corrected chi connectivity index (χ4v) is 0.999. The highest BCUT2D eigenvalue weighted by Gasteiger charge is 2.06. The third kappa shape index (κ3) is 2.11. The Bertz CT molecular complexity index is 429. The molecule has 0 fully saturated rings. The molecule has 0 amide bonds. The molecule has 14 heavy (non-hydrogen) atoms. The molecule has 0 atom stereocenters. The summed E-state index contributed by atoms with van der Waals surface area (Å²) in [5, 5.41) is 26.4. The molecule has 0 bridgehead atoms. The van der Waals surface area contributed by atoms with Crippen LogP contribution in [0.5, 0.6) is 0 Å². The summed E-state index contributed by atoms with van der Waals surface area (Å²) in [6.45, 7) is 0. The first-order valence-electron chi connectivity index (χ1n) is 3.78. The normalized spacial score (nSPS) is 10.6. The van der Waals surface area contributed by atoms with Crippen LogP contribution in [0.2, 0.25) is 0 Å². The molecule has 0 spiro atoms. The van der Waals surface area contributed by atoms with Crippen molar-refractivity contribution in [1.29, 1.82) is 5.26 Å². The lowest BCUT2D eigenvalue weighted by Crippen LogP contribution is -1.94. The second kappa shape index (κ2) is 4.10. The number of aliphatic carboxylic acids is 1. The molecule has 0 unspecified atom stereocenters. The number of hydrogen-bond acceptors (Lipinski definition) is 3. The van der Waals surface area contributed by atoms with Crippen molar-refractivity contribution in [2.24, 2.45) is 0 Å². The molecular weight excluding hydrogens is 182 g/mol. The minimum absolute atomic E-state index is 0.220. The van der Waals surface area contributed by atoms with E-state index in [0.717, 1.165) is 0 Å². The molecule has 0 aliphatic rings. The van der Waals surface area contributed by atoms with Crippen molar-refractivity contribution < 1.29 is 15.0 Å². The highest BCUT2D eigenvalue weighted by Crippen LogP contribution is 2.15. The Hall–Kier alpha value is -2.28. The molecule has 0 heterocycles. The predicted octanol–water partition coefficient (Wildman–Crippen LogP) is 1.54. The summed E-state index contributed by atoms with van der Waals surface area (Å²) in [4.78, 5) is 10.3. The number of aliphatic hydroxyl groups excluding tert-OH is 1. The van der Waals surface area contributed by atoms with Crippen LogP contribution in [0, 0.1) is 11.3 Å². The summed E-state index contributed by atoms with van der Waals surface area (Å²) in [6.07, 6.45) is 0.649. The van der Waals surface area contributed by atoms with Gasteiger partial charge in [0.2, 0.25) is 0 Å². The molecule has 1 rings (SSSR count). The topological polar surface area (TPSA) is 81.3 Å². The zero-order valence-electron chi connectivity index (χ0n) is 7.14. The minimum atomic E-state index is -1.25. The molecule has 0 aliphatic heterocycles. The van der Waals surface area contributed by atoms with E-state index in [1.165, 1.54) is 12.1 Å². The summed E-state index contributed by atoms with van der Waals surface area (Å²) >= 11 is 0. The Balaban J connectivity index is 3.20. The van der Waals surface area contributed by atoms with Crippen LogP contribution < -0.4 is 0 Å². The van der Waals surface area contributed by atoms with Gasteiger partial charge in [0, 0.05) is 5.56 Å². The highest BCUT2D eigenvalue weighted by atomic mass is 16.4. The van der Waals surface area contributed by atoms with Gasteiger partial charge in [0.05, 0.1) is 17.7 Å². The number of carbonyl (C=O) groups is 1. The summed E-state index contributed by atoms with van der Waals surface area (Å²) in [5.41, 5.74) is 0.458. The maximum absolute atomic E-state index is 10.3. The number of hydrogen-bond donors (Lipinski definition) is 2. The van der Waals surface area contributed by atoms with E-state index in [9.17, 15) is 9.90 Å². The monoisotopic (exact) mass is 189 g/mol. The van der Waals surface area contributed by atoms with Crippen LogP contribution in [0.15, 0.2) is 30.3 Å². The van der Waals surface area contributed by atoms with Gasteiger partial charge in [0.1, 0.15) is 5.76 Å². The lowest BCUT2D eigenvalue weighted by molar-refractivity contribution is -0.131. The third-order valence-electron chi connectivity index (χ3n) is 1.58. The maximum atomic E-state index is 10.3. The fourth-order valence-electron chi connectivity index (χ4n) is 0.999. The average molecular weight is 189 g/mol. The summed E-state index contributed by atoms with van der Waals surface area (Å²) in [5.74, 6) is -1.68. The molecule has 4 nitrogen and oxygen atoms in total. The quantitative estimate of drug-likeness (QED) is 0.546. The van der Waals surface area contributed by atoms with Crippen molar-refractivity contribution in [1.82, 2.24) is 0 Å². The van der Waals surface area contributed by atoms with E-state index in [0.29, 0.717) is 6.08 Å². The largest absolute Gasteiger partial charge is 0.507 e. The second-order valence-corrected chi connectivity index (χ2v) is 2.53. The van der Waals surface area contributed by atoms with Crippen LogP contribution in [0.3, 0.4) is 0 Å². The van der Waals surface area contributed by atoms with Crippen LogP contribution in [0.1, 0.15) is 11.1 Å². The molecule has 0 aromatic heterocycles. The van der Waals surface area contributed by atoms with Crippen molar-refractivity contribution in [3.8, 4) is 6.07 Å². The highest BCUT2D eigenvalue weighted by molar-refractivity contribution is 5.88. The lowest BCUT2D eigenvalue weighted by atomic mass is 10.1. The fraction of sp³-hybridized carbons (Fsp3) is 0. The summed E-state index contributed by atoms with van der Waals surface area (Å²) in [7, 11) is 0. The molecule has 1 aromatic rings. The van der Waals surface area contributed by atoms with Crippen molar-refractivity contribution in [3.63, 3.8) is 0 Å². The standard InChI is InChI=1S/C10H7NO3/c11-6-7-3-1-2-4-8(7)9(12)5-10(13)14/h1-5,12H,(H,13,14)/b9-5+. The Morgan fingerprint density at radius 1 is 1.36 bits per heavy atom. The lowest BCUT2D eigenvalue weighted by Gasteiger charge is -2.00. The average Bonchev–Trinajstić information content (AvgIpc) is 2.16. The first-order valence-corrected chi connectivity index (χ1v) is 3.78. The Morgan fingerprint density at radius 3 is 2.57 bits per heavy atom. The van der Waals surface area contributed by atoms with Crippen molar-refractivity contribution in [2.75, 3.05) is 0 Å². The van der Waals surface area contributed by atoms with E-state index in [4.69, 9.17) is 10.4 Å². The number of benzene rings is 1. The van der Waals surface area contributed by atoms with Gasteiger partial charge in [-0.3, -0.25) is 0 Å². The molecule has 0 saturated carbocycles. The molecule has 0 radical (unpaired) electrons. The van der Waals surface area contributed by atoms with Gasteiger partial charge in [0.25, 0.3) is 0 Å². The second-order valence-electron chi connectivity index (χ2n) is 2.53. The number of carboxylic acid groups (broad SMARTS) is 1. The maximum Gasteiger partial charge on any atom is 0.332 e. The molecule has 2 N–H and O–H groups in total. The number of rotatable bonds is 2. The van der Waals surface area contributed by atoms with E-state index < -0.39 is 11.7 Å². The molecule has 70 valence electrons. The van der Waals surface area contributed by atoms with Crippen LogP contribution in [0.4, 0.5) is 0 Å². The first kappa shape index (κ1) is 9.81. The van der Waals surface area contributed by atoms with E-state index in [1.807, 2.05) is 6.07 Å². The summed E-state index contributed by atoms with van der Waals surface area (Å²) in [6, 6.07) is 8.08. The van der Waals surface area contributed by atoms with Gasteiger partial charge < -0.3 is 10.2 Å². The Labute approximate surface area is 80.3 Å². The molecule has 0 saturated heterocycles. The van der Waals surface area contributed by atoms with Gasteiger partial charge in [0.15, 0.2) is 0 Å². The van der Waals surface area contributed by atoms with Gasteiger partial charge >= 0.3 is 5.97 Å². The van der Waals surface area contributed by atoms with Crippen LogP contribution >= 0.6 is 0 Å². The summed E-state index contributed by atoms with van der Waals surface area (Å²) < 4.78 is 0. The van der Waals surface area contributed by atoms with Gasteiger partial charge in [-0.1, -0.05) is 12.1 Å². The zero-order chi connectivity index (χ0) is 10.6. The minimum Gasteiger partial charge on any atom is -0.507 e. The zero-order valence-corrected chi connectivity index (χ0v) is 7.14. The number of aliphatic hydroxyl groups is 1.